The Morgan fingerprint density at radius 2 is 1.92 bits per heavy atom. The zero-order valence-corrected chi connectivity index (χ0v) is 15.5. The van der Waals surface area contributed by atoms with Crippen LogP contribution in [0.3, 0.4) is 0 Å². The van der Waals surface area contributed by atoms with Crippen molar-refractivity contribution in [1.29, 1.82) is 0 Å². The Morgan fingerprint density at radius 1 is 1.25 bits per heavy atom. The van der Waals surface area contributed by atoms with E-state index in [1.54, 1.807) is 17.8 Å². The van der Waals surface area contributed by atoms with E-state index in [0.29, 0.717) is 11.7 Å². The number of anilines is 1. The standard InChI is InChI=1S/C18H30N4O2/c1-6-12-11-15(22(5)21-12)20-17(24)16(23)19-14-10-8-7-9-13(14)18(2,3)4/h11,13-14H,6-10H2,1-5H3,(H,19,23)(H,20,24)/t13-,14-/m0/s1. The quantitative estimate of drug-likeness (QED) is 0.834. The summed E-state index contributed by atoms with van der Waals surface area (Å²) in [5.74, 6) is -0.247. The van der Waals surface area contributed by atoms with Gasteiger partial charge in [-0.3, -0.25) is 14.3 Å². The van der Waals surface area contributed by atoms with Crippen molar-refractivity contribution in [1.82, 2.24) is 15.1 Å². The molecule has 6 heteroatoms. The van der Waals surface area contributed by atoms with Crippen LogP contribution in [0.1, 0.15) is 59.1 Å². The second-order valence-corrected chi connectivity index (χ2v) is 7.79. The van der Waals surface area contributed by atoms with E-state index in [9.17, 15) is 9.59 Å². The molecule has 1 aliphatic carbocycles. The second kappa shape index (κ2) is 7.36. The highest BCUT2D eigenvalue weighted by molar-refractivity contribution is 6.39. The van der Waals surface area contributed by atoms with Crippen LogP contribution in [0, 0.1) is 11.3 Å². The van der Waals surface area contributed by atoms with E-state index >= 15 is 0 Å². The first kappa shape index (κ1) is 18.5. The van der Waals surface area contributed by atoms with Crippen molar-refractivity contribution >= 4 is 17.6 Å². The third kappa shape index (κ3) is 4.36. The van der Waals surface area contributed by atoms with Crippen LogP contribution in [0.2, 0.25) is 0 Å². The monoisotopic (exact) mass is 334 g/mol. The van der Waals surface area contributed by atoms with E-state index < -0.39 is 11.8 Å². The van der Waals surface area contributed by atoms with Crippen LogP contribution >= 0.6 is 0 Å². The smallest absolute Gasteiger partial charge is 0.314 e. The summed E-state index contributed by atoms with van der Waals surface area (Å²) in [6.45, 7) is 8.59. The first-order valence-electron chi connectivity index (χ1n) is 8.87. The van der Waals surface area contributed by atoms with Crippen molar-refractivity contribution in [3.63, 3.8) is 0 Å². The van der Waals surface area contributed by atoms with Crippen LogP contribution in [-0.2, 0) is 23.1 Å². The van der Waals surface area contributed by atoms with E-state index in [0.717, 1.165) is 31.4 Å². The number of hydrogen-bond acceptors (Lipinski definition) is 3. The molecule has 0 bridgehead atoms. The highest BCUT2D eigenvalue weighted by atomic mass is 16.2. The zero-order valence-electron chi connectivity index (χ0n) is 15.5. The molecule has 1 saturated carbocycles. The van der Waals surface area contributed by atoms with Crippen LogP contribution < -0.4 is 10.6 Å². The Balaban J connectivity index is 1.99. The maximum absolute atomic E-state index is 12.3. The molecule has 24 heavy (non-hydrogen) atoms. The number of hydrogen-bond donors (Lipinski definition) is 2. The Labute approximate surface area is 144 Å². The van der Waals surface area contributed by atoms with Gasteiger partial charge in [-0.15, -0.1) is 0 Å². The fraction of sp³-hybridized carbons (Fsp3) is 0.722. The van der Waals surface area contributed by atoms with Crippen LogP contribution in [0.15, 0.2) is 6.07 Å². The molecule has 0 aliphatic heterocycles. The number of aryl methyl sites for hydroxylation is 2. The second-order valence-electron chi connectivity index (χ2n) is 7.79. The fourth-order valence-corrected chi connectivity index (χ4v) is 3.56. The van der Waals surface area contributed by atoms with Gasteiger partial charge in [-0.05, 0) is 30.6 Å². The van der Waals surface area contributed by atoms with Gasteiger partial charge in [-0.25, -0.2) is 0 Å². The molecule has 2 N–H and O–H groups in total. The summed E-state index contributed by atoms with van der Waals surface area (Å²) in [5, 5.41) is 9.88. The lowest BCUT2D eigenvalue weighted by atomic mass is 9.69. The van der Waals surface area contributed by atoms with Gasteiger partial charge in [0.2, 0.25) is 0 Å². The van der Waals surface area contributed by atoms with Gasteiger partial charge in [0, 0.05) is 19.2 Å². The van der Waals surface area contributed by atoms with Gasteiger partial charge >= 0.3 is 11.8 Å². The predicted octanol–water partition coefficient (Wildman–Crippen LogP) is 2.64. The largest absolute Gasteiger partial charge is 0.345 e. The molecule has 0 saturated heterocycles. The van der Waals surface area contributed by atoms with Gasteiger partial charge in [0.1, 0.15) is 5.82 Å². The Bertz CT molecular complexity index is 601. The van der Waals surface area contributed by atoms with Crippen molar-refractivity contribution in [3.8, 4) is 0 Å². The lowest BCUT2D eigenvalue weighted by Crippen LogP contribution is -2.49. The van der Waals surface area contributed by atoms with Crippen molar-refractivity contribution in [3.05, 3.63) is 11.8 Å². The van der Waals surface area contributed by atoms with Crippen LogP contribution in [0.25, 0.3) is 0 Å². The van der Waals surface area contributed by atoms with Crippen LogP contribution in [0.5, 0.6) is 0 Å². The number of amides is 2. The molecule has 1 fully saturated rings. The minimum absolute atomic E-state index is 0.0646. The molecular weight excluding hydrogens is 304 g/mol. The fourth-order valence-electron chi connectivity index (χ4n) is 3.56. The molecule has 0 radical (unpaired) electrons. The minimum Gasteiger partial charge on any atom is -0.345 e. The molecule has 2 rings (SSSR count). The van der Waals surface area contributed by atoms with Gasteiger partial charge < -0.3 is 10.6 Å². The Morgan fingerprint density at radius 3 is 2.50 bits per heavy atom. The van der Waals surface area contributed by atoms with E-state index in [-0.39, 0.29) is 11.5 Å². The maximum Gasteiger partial charge on any atom is 0.314 e. The van der Waals surface area contributed by atoms with E-state index in [1.807, 2.05) is 6.92 Å². The molecule has 0 aromatic carbocycles. The molecule has 1 aromatic rings. The number of rotatable bonds is 3. The number of carbonyl (C=O) groups excluding carboxylic acids is 2. The molecular formula is C18H30N4O2. The van der Waals surface area contributed by atoms with Gasteiger partial charge in [0.05, 0.1) is 5.69 Å². The average Bonchev–Trinajstić information content (AvgIpc) is 2.87. The van der Waals surface area contributed by atoms with E-state index in [2.05, 4.69) is 36.5 Å². The van der Waals surface area contributed by atoms with Crippen LogP contribution in [-0.4, -0.2) is 27.6 Å². The summed E-state index contributed by atoms with van der Waals surface area (Å²) >= 11 is 0. The lowest BCUT2D eigenvalue weighted by Gasteiger charge is -2.40. The highest BCUT2D eigenvalue weighted by Gasteiger charge is 2.35. The van der Waals surface area contributed by atoms with Gasteiger partial charge in [0.25, 0.3) is 0 Å². The SMILES string of the molecule is CCc1cc(NC(=O)C(=O)N[C@H]2CCCC[C@@H]2C(C)(C)C)n(C)n1. The third-order valence-electron chi connectivity index (χ3n) is 4.94. The van der Waals surface area contributed by atoms with Crippen molar-refractivity contribution in [2.24, 2.45) is 18.4 Å². The highest BCUT2D eigenvalue weighted by Crippen LogP contribution is 2.37. The first-order chi connectivity index (χ1) is 11.2. The molecule has 1 aromatic heterocycles. The van der Waals surface area contributed by atoms with Crippen molar-refractivity contribution in [2.75, 3.05) is 5.32 Å². The summed E-state index contributed by atoms with van der Waals surface area (Å²) in [7, 11) is 1.75. The summed E-state index contributed by atoms with van der Waals surface area (Å²) in [6, 6.07) is 1.86. The number of nitrogens with one attached hydrogen (secondary N) is 2. The van der Waals surface area contributed by atoms with E-state index in [1.165, 1.54) is 6.42 Å². The molecule has 2 atom stereocenters. The first-order valence-corrected chi connectivity index (χ1v) is 8.87. The zero-order chi connectivity index (χ0) is 17.9. The van der Waals surface area contributed by atoms with Crippen molar-refractivity contribution < 1.29 is 9.59 Å². The van der Waals surface area contributed by atoms with Gasteiger partial charge in [0.15, 0.2) is 0 Å². The lowest BCUT2D eigenvalue weighted by molar-refractivity contribution is -0.137. The summed E-state index contributed by atoms with van der Waals surface area (Å²) in [6.07, 6.45) is 5.10. The Hall–Kier alpha value is -1.85. The topological polar surface area (TPSA) is 76.0 Å². The maximum atomic E-state index is 12.3. The van der Waals surface area contributed by atoms with Gasteiger partial charge in [-0.2, -0.15) is 5.10 Å². The molecule has 0 unspecified atom stereocenters. The molecule has 2 amide bonds. The summed E-state index contributed by atoms with van der Waals surface area (Å²) < 4.78 is 1.59. The van der Waals surface area contributed by atoms with Crippen molar-refractivity contribution in [2.45, 2.75) is 65.8 Å². The van der Waals surface area contributed by atoms with Crippen LogP contribution in [0.4, 0.5) is 5.82 Å². The number of carbonyl (C=O) groups is 2. The number of aromatic nitrogens is 2. The summed E-state index contributed by atoms with van der Waals surface area (Å²) in [4.78, 5) is 24.6. The van der Waals surface area contributed by atoms with Gasteiger partial charge in [-0.1, -0.05) is 40.5 Å². The minimum atomic E-state index is -0.626. The molecule has 134 valence electrons. The predicted molar refractivity (Wildman–Crippen MR) is 94.6 cm³/mol. The molecule has 1 aliphatic rings. The molecule has 0 spiro atoms. The third-order valence-corrected chi connectivity index (χ3v) is 4.94. The normalized spacial score (nSPS) is 21.4. The number of nitrogens with zero attached hydrogens (tertiary/aromatic N) is 2. The molecule has 1 heterocycles. The summed E-state index contributed by atoms with van der Waals surface area (Å²) in [5.41, 5.74) is 1.00. The average molecular weight is 334 g/mol. The molecule has 6 nitrogen and oxygen atoms in total. The van der Waals surface area contributed by atoms with E-state index in [4.69, 9.17) is 0 Å². The Kier molecular flexibility index (Phi) is 5.67.